The lowest BCUT2D eigenvalue weighted by Crippen LogP contribution is -2.12. The second kappa shape index (κ2) is 8.46. The molecule has 156 valence electrons. The Morgan fingerprint density at radius 3 is 2.07 bits per heavy atom. The summed E-state index contributed by atoms with van der Waals surface area (Å²) in [7, 11) is 1.28. The molecule has 30 heavy (non-hydrogen) atoms. The van der Waals surface area contributed by atoms with E-state index in [0.717, 1.165) is 23.5 Å². The summed E-state index contributed by atoms with van der Waals surface area (Å²) in [5.41, 5.74) is -0.469. The van der Waals surface area contributed by atoms with Crippen molar-refractivity contribution in [1.82, 2.24) is 0 Å². The average molecular weight is 437 g/mol. The number of carboxylic acids is 1. The number of aromatic carboxylic acids is 1. The Kier molecular flexibility index (Phi) is 5.97. The molecule has 0 radical (unpaired) electrons. The molecule has 0 fully saturated rings. The van der Waals surface area contributed by atoms with E-state index in [0.29, 0.717) is 11.4 Å². The van der Waals surface area contributed by atoms with Crippen LogP contribution in [0.25, 0.3) is 0 Å². The Morgan fingerprint density at radius 1 is 1.00 bits per heavy atom. The van der Waals surface area contributed by atoms with Crippen molar-refractivity contribution in [3.8, 4) is 17.2 Å². The summed E-state index contributed by atoms with van der Waals surface area (Å²) in [5.74, 6) is -1.18. The van der Waals surface area contributed by atoms with E-state index in [1.165, 1.54) is 48.9 Å². The van der Waals surface area contributed by atoms with E-state index < -0.39 is 23.6 Å². The van der Waals surface area contributed by atoms with Gasteiger partial charge in [-0.2, -0.15) is 13.2 Å². The van der Waals surface area contributed by atoms with Crippen LogP contribution < -0.4 is 14.8 Å². The highest BCUT2D eigenvalue weighted by Gasteiger charge is 2.30. The number of carbonyl (C=O) groups is 2. The van der Waals surface area contributed by atoms with Gasteiger partial charge in [0.1, 0.15) is 21.9 Å². The van der Waals surface area contributed by atoms with Crippen LogP contribution in [-0.2, 0) is 6.18 Å². The minimum Gasteiger partial charge on any atom is -0.494 e. The van der Waals surface area contributed by atoms with Crippen LogP contribution in [0.5, 0.6) is 17.2 Å². The van der Waals surface area contributed by atoms with Gasteiger partial charge in [-0.25, -0.2) is 4.79 Å². The number of amides is 1. The lowest BCUT2D eigenvalue weighted by molar-refractivity contribution is -0.137. The zero-order valence-corrected chi connectivity index (χ0v) is 16.1. The van der Waals surface area contributed by atoms with E-state index in [9.17, 15) is 22.8 Å². The van der Waals surface area contributed by atoms with Gasteiger partial charge in [0.25, 0.3) is 5.91 Å². The molecule has 0 aliphatic heterocycles. The fourth-order valence-electron chi connectivity index (χ4n) is 2.50. The molecule has 2 N–H and O–H groups in total. The van der Waals surface area contributed by atoms with E-state index >= 15 is 0 Å². The van der Waals surface area contributed by atoms with Gasteiger partial charge < -0.3 is 19.9 Å². The Morgan fingerprint density at radius 2 is 1.57 bits per heavy atom. The molecule has 2 aromatic carbocycles. The number of halogens is 3. The van der Waals surface area contributed by atoms with Gasteiger partial charge in [-0.15, -0.1) is 11.3 Å². The molecule has 0 bridgehead atoms. The number of alkyl halides is 3. The van der Waals surface area contributed by atoms with Crippen molar-refractivity contribution in [1.29, 1.82) is 0 Å². The summed E-state index contributed by atoms with van der Waals surface area (Å²) < 4.78 is 48.3. The highest BCUT2D eigenvalue weighted by molar-refractivity contribution is 7.13. The average Bonchev–Trinajstić information content (AvgIpc) is 3.14. The van der Waals surface area contributed by atoms with Gasteiger partial charge in [-0.1, -0.05) is 0 Å². The minimum atomic E-state index is -4.42. The number of benzene rings is 2. The van der Waals surface area contributed by atoms with Crippen molar-refractivity contribution in [2.75, 3.05) is 12.4 Å². The monoisotopic (exact) mass is 437 g/mol. The largest absolute Gasteiger partial charge is 0.494 e. The first-order valence-electron chi connectivity index (χ1n) is 8.34. The van der Waals surface area contributed by atoms with Crippen molar-refractivity contribution in [2.24, 2.45) is 0 Å². The molecule has 1 amide bonds. The van der Waals surface area contributed by atoms with Crippen molar-refractivity contribution in [3.63, 3.8) is 0 Å². The number of carbonyl (C=O) groups excluding carboxylic acids is 1. The SMILES string of the molecule is COc1c(C(=O)O)csc1C(=O)Nc1ccc(Oc2ccc(C(F)(F)F)cc2)cc1. The third kappa shape index (κ3) is 4.71. The quantitative estimate of drug-likeness (QED) is 0.531. The van der Waals surface area contributed by atoms with Crippen molar-refractivity contribution >= 4 is 28.9 Å². The third-order valence-corrected chi connectivity index (χ3v) is 4.88. The molecule has 1 heterocycles. The van der Waals surface area contributed by atoms with E-state index in [1.54, 1.807) is 0 Å². The fraction of sp³-hybridized carbons (Fsp3) is 0.100. The fourth-order valence-corrected chi connectivity index (χ4v) is 3.40. The number of methoxy groups -OCH3 is 1. The molecule has 10 heteroatoms. The summed E-state index contributed by atoms with van der Waals surface area (Å²) in [6.45, 7) is 0. The molecule has 3 aromatic rings. The molecular formula is C20H14F3NO5S. The maximum Gasteiger partial charge on any atom is 0.416 e. The molecule has 0 spiro atoms. The number of thiophene rings is 1. The van der Waals surface area contributed by atoms with Crippen LogP contribution in [0, 0.1) is 0 Å². The standard InChI is InChI=1S/C20H14F3NO5S/c1-28-16-15(19(26)27)10-30-17(16)18(25)24-12-4-8-14(9-5-12)29-13-6-2-11(3-7-13)20(21,22)23/h2-10H,1H3,(H,24,25)(H,26,27). The maximum absolute atomic E-state index is 12.6. The van der Waals surface area contributed by atoms with Crippen molar-refractivity contribution < 1.29 is 37.3 Å². The number of ether oxygens (including phenoxy) is 2. The smallest absolute Gasteiger partial charge is 0.416 e. The predicted octanol–water partition coefficient (Wildman–Crippen LogP) is 5.52. The summed E-state index contributed by atoms with van der Waals surface area (Å²) in [5, 5.41) is 13.0. The molecule has 6 nitrogen and oxygen atoms in total. The number of rotatable bonds is 6. The lowest BCUT2D eigenvalue weighted by Gasteiger charge is -2.10. The van der Waals surface area contributed by atoms with Crippen LogP contribution in [0.4, 0.5) is 18.9 Å². The van der Waals surface area contributed by atoms with Crippen molar-refractivity contribution in [2.45, 2.75) is 6.18 Å². The molecule has 0 unspecified atom stereocenters. The molecule has 0 atom stereocenters. The van der Waals surface area contributed by atoms with Gasteiger partial charge in [0.2, 0.25) is 0 Å². The second-order valence-electron chi connectivity index (χ2n) is 5.92. The van der Waals surface area contributed by atoms with Gasteiger partial charge >= 0.3 is 12.1 Å². The number of hydrogen-bond donors (Lipinski definition) is 2. The first kappa shape index (κ1) is 21.2. The number of nitrogens with one attached hydrogen (secondary N) is 1. The minimum absolute atomic E-state index is 0.0211. The topological polar surface area (TPSA) is 84.9 Å². The van der Waals surface area contributed by atoms with Gasteiger partial charge in [0, 0.05) is 11.1 Å². The third-order valence-electron chi connectivity index (χ3n) is 3.92. The van der Waals surface area contributed by atoms with Crippen molar-refractivity contribution in [3.05, 3.63) is 69.9 Å². The van der Waals surface area contributed by atoms with Crippen LogP contribution in [0.3, 0.4) is 0 Å². The van der Waals surface area contributed by atoms with Gasteiger partial charge in [0.05, 0.1) is 12.7 Å². The lowest BCUT2D eigenvalue weighted by atomic mass is 10.2. The molecule has 0 aliphatic rings. The molecule has 1 aromatic heterocycles. The second-order valence-corrected chi connectivity index (χ2v) is 6.80. The van der Waals surface area contributed by atoms with E-state index in [4.69, 9.17) is 14.6 Å². The van der Waals surface area contributed by atoms with Gasteiger partial charge in [0.15, 0.2) is 5.75 Å². The predicted molar refractivity (Wildman–Crippen MR) is 104 cm³/mol. The zero-order valence-electron chi connectivity index (χ0n) is 15.3. The molecule has 0 aliphatic carbocycles. The highest BCUT2D eigenvalue weighted by Crippen LogP contribution is 2.33. The van der Waals surface area contributed by atoms with E-state index in [-0.39, 0.29) is 21.9 Å². The summed E-state index contributed by atoms with van der Waals surface area (Å²) in [6, 6.07) is 10.4. The van der Waals surface area contributed by atoms with Gasteiger partial charge in [-0.3, -0.25) is 4.79 Å². The number of hydrogen-bond acceptors (Lipinski definition) is 5. The number of anilines is 1. The van der Waals surface area contributed by atoms with E-state index in [2.05, 4.69) is 5.32 Å². The molecule has 0 saturated heterocycles. The number of carboxylic acid groups (broad SMARTS) is 1. The van der Waals surface area contributed by atoms with Crippen LogP contribution in [0.1, 0.15) is 25.6 Å². The Hall–Kier alpha value is -3.53. The molecule has 0 saturated carbocycles. The Labute approximate surface area is 172 Å². The summed E-state index contributed by atoms with van der Waals surface area (Å²) >= 11 is 0.942. The highest BCUT2D eigenvalue weighted by atomic mass is 32.1. The summed E-state index contributed by atoms with van der Waals surface area (Å²) in [4.78, 5) is 23.7. The van der Waals surface area contributed by atoms with Crippen LogP contribution in [-0.4, -0.2) is 24.1 Å². The van der Waals surface area contributed by atoms with Crippen LogP contribution >= 0.6 is 11.3 Å². The normalized spacial score (nSPS) is 11.1. The van der Waals surface area contributed by atoms with Gasteiger partial charge in [-0.05, 0) is 48.5 Å². The first-order valence-corrected chi connectivity index (χ1v) is 9.22. The Balaban J connectivity index is 1.67. The first-order chi connectivity index (χ1) is 14.2. The van der Waals surface area contributed by atoms with Crippen LogP contribution in [0.15, 0.2) is 53.9 Å². The molecular weight excluding hydrogens is 423 g/mol. The zero-order chi connectivity index (χ0) is 21.9. The summed E-state index contributed by atoms with van der Waals surface area (Å²) in [6.07, 6.45) is -4.42. The van der Waals surface area contributed by atoms with Crippen LogP contribution in [0.2, 0.25) is 0 Å². The molecule has 3 rings (SSSR count). The maximum atomic E-state index is 12.6. The Bertz CT molecular complexity index is 1060. The van der Waals surface area contributed by atoms with E-state index in [1.807, 2.05) is 0 Å².